The van der Waals surface area contributed by atoms with Crippen molar-refractivity contribution in [3.8, 4) is 5.75 Å². The fourth-order valence-electron chi connectivity index (χ4n) is 0.776. The quantitative estimate of drug-likeness (QED) is 0.491. The van der Waals surface area contributed by atoms with Crippen LogP contribution in [0.25, 0.3) is 0 Å². The van der Waals surface area contributed by atoms with E-state index in [0.717, 1.165) is 0 Å². The molecule has 0 aliphatic heterocycles. The molecule has 0 aromatic heterocycles. The Balaban J connectivity index is 0.00000144. The van der Waals surface area contributed by atoms with Gasteiger partial charge in [0, 0.05) is 0 Å². The molecule has 70 valence electrons. The summed E-state index contributed by atoms with van der Waals surface area (Å²) in [5, 5.41) is 0. The van der Waals surface area contributed by atoms with Gasteiger partial charge in [-0.15, -0.1) is 0 Å². The van der Waals surface area contributed by atoms with Crippen molar-refractivity contribution in [2.24, 2.45) is 0 Å². The molecule has 0 aliphatic carbocycles. The molecule has 0 bridgehead atoms. The molecule has 1 aromatic carbocycles. The second-order valence-electron chi connectivity index (χ2n) is 2.24. The van der Waals surface area contributed by atoms with Gasteiger partial charge in [0.05, 0.1) is 22.5 Å². The van der Waals surface area contributed by atoms with Crippen LogP contribution in [0.15, 0.2) is 29.2 Å². The second kappa shape index (κ2) is 5.09. The Kier molecular flexibility index (Phi) is 5.13. The molecular formula is C7H11NaO4S. The van der Waals surface area contributed by atoms with Gasteiger partial charge in [-0.1, -0.05) is 0 Å². The first-order valence-electron chi connectivity index (χ1n) is 3.24. The van der Waals surface area contributed by atoms with Gasteiger partial charge < -0.3 is 13.8 Å². The van der Waals surface area contributed by atoms with E-state index < -0.39 is 10.5 Å². The minimum absolute atomic E-state index is 0. The van der Waals surface area contributed by atoms with Crippen molar-refractivity contribution in [1.29, 1.82) is 0 Å². The van der Waals surface area contributed by atoms with Gasteiger partial charge in [0.25, 0.3) is 0 Å². The minimum atomic E-state index is -4.10. The molecule has 0 heterocycles. The molecule has 1 rings (SSSR count). The fourth-order valence-corrected chi connectivity index (χ4v) is 1.31. The Morgan fingerprint density at radius 3 is 2.00 bits per heavy atom. The zero-order valence-electron chi connectivity index (χ0n) is 6.47. The first-order chi connectivity index (χ1) is 5.54. The van der Waals surface area contributed by atoms with Crippen molar-refractivity contribution < 1.29 is 18.1 Å². The van der Waals surface area contributed by atoms with E-state index in [0.29, 0.717) is 5.75 Å². The van der Waals surface area contributed by atoms with E-state index in [2.05, 4.69) is 0 Å². The summed E-state index contributed by atoms with van der Waals surface area (Å²) in [6.45, 7) is 0. The van der Waals surface area contributed by atoms with Gasteiger partial charge in [0.1, 0.15) is 5.75 Å². The van der Waals surface area contributed by atoms with E-state index in [4.69, 9.17) is 13.8 Å². The van der Waals surface area contributed by atoms with Crippen LogP contribution in [0.3, 0.4) is 0 Å². The number of benzene rings is 1. The van der Waals surface area contributed by atoms with Crippen LogP contribution in [0, 0.1) is 0 Å². The molecule has 2 N–H and O–H groups in total. The molecule has 0 atom stereocenters. The summed E-state index contributed by atoms with van der Waals surface area (Å²) in [6, 6.07) is 5.71. The van der Waals surface area contributed by atoms with Crippen LogP contribution in [-0.4, -0.2) is 50.0 Å². The van der Waals surface area contributed by atoms with Gasteiger partial charge in [0.15, 0.2) is 0 Å². The number of methoxy groups -OCH3 is 1. The van der Waals surface area contributed by atoms with Crippen molar-refractivity contribution in [1.82, 2.24) is 0 Å². The summed E-state index contributed by atoms with van der Waals surface area (Å²) in [4.78, 5) is 0.00306. The molecule has 0 fully saturated rings. The van der Waals surface area contributed by atoms with E-state index in [9.17, 15) is 4.21 Å². The molecule has 13 heavy (non-hydrogen) atoms. The third kappa shape index (κ3) is 3.76. The molecular weight excluding hydrogens is 203 g/mol. The average molecular weight is 214 g/mol. The van der Waals surface area contributed by atoms with E-state index in [1.54, 1.807) is 0 Å². The van der Waals surface area contributed by atoms with Gasteiger partial charge in [-0.2, -0.15) is 0 Å². The number of hydrogen-bond acceptors (Lipinski definition) is 2. The maximum atomic E-state index is 10.7. The predicted octanol–water partition coefficient (Wildman–Crippen LogP) is 0.368. The fraction of sp³-hybridized carbons (Fsp3) is 0.143. The Bertz CT molecular complexity index is 305. The third-order valence-electron chi connectivity index (χ3n) is 1.41. The number of rotatable bonds is 2. The second-order valence-corrected chi connectivity index (χ2v) is 3.85. The van der Waals surface area contributed by atoms with Gasteiger partial charge in [-0.3, -0.25) is 0 Å². The maximum absolute atomic E-state index is 10.7. The molecule has 0 radical (unpaired) electrons. The average Bonchev–Trinajstić information content (AvgIpc) is 2.03. The SMILES string of the molecule is COc1ccc([SH](=O)(O)O)cc1.[NaH]. The molecule has 4 nitrogen and oxygen atoms in total. The molecule has 0 aliphatic rings. The van der Waals surface area contributed by atoms with Crippen LogP contribution in [0.2, 0.25) is 0 Å². The Morgan fingerprint density at radius 2 is 1.69 bits per heavy atom. The van der Waals surface area contributed by atoms with Crippen LogP contribution in [0.1, 0.15) is 0 Å². The summed E-state index contributed by atoms with van der Waals surface area (Å²) in [6.07, 6.45) is 0. The Hall–Kier alpha value is 0.0900. The van der Waals surface area contributed by atoms with Crippen molar-refractivity contribution in [2.75, 3.05) is 7.11 Å². The number of hydrogen-bond donors (Lipinski definition) is 3. The molecule has 0 amide bonds. The van der Waals surface area contributed by atoms with Crippen LogP contribution in [-0.2, 0) is 10.5 Å². The molecule has 0 saturated heterocycles. The van der Waals surface area contributed by atoms with E-state index >= 15 is 0 Å². The van der Waals surface area contributed by atoms with E-state index in [1.807, 2.05) is 0 Å². The summed E-state index contributed by atoms with van der Waals surface area (Å²) >= 11 is 0. The van der Waals surface area contributed by atoms with Crippen LogP contribution in [0.4, 0.5) is 0 Å². The topological polar surface area (TPSA) is 66.8 Å². The summed E-state index contributed by atoms with van der Waals surface area (Å²) in [5.74, 6) is 0.576. The van der Waals surface area contributed by atoms with Gasteiger partial charge in [-0.05, 0) is 24.3 Å². The van der Waals surface area contributed by atoms with Crippen LogP contribution in [0.5, 0.6) is 5.75 Å². The molecule has 1 aromatic rings. The first kappa shape index (κ1) is 13.1. The predicted molar refractivity (Wildman–Crippen MR) is 53.2 cm³/mol. The molecule has 0 unspecified atom stereocenters. The van der Waals surface area contributed by atoms with Gasteiger partial charge in [-0.25, -0.2) is 4.21 Å². The standard InChI is InChI=1S/C7H10O4S.Na.H/c1-11-6-2-4-7(5-3-6)12(8,9)10;;/h2-5,12H,1H3,(H2,8,9,10);;. The van der Waals surface area contributed by atoms with Gasteiger partial charge >= 0.3 is 29.6 Å². The summed E-state index contributed by atoms with van der Waals surface area (Å²) in [7, 11) is -2.61. The summed E-state index contributed by atoms with van der Waals surface area (Å²) < 4.78 is 33.0. The van der Waals surface area contributed by atoms with Crippen LogP contribution >= 0.6 is 0 Å². The first-order valence-corrected chi connectivity index (χ1v) is 4.85. The van der Waals surface area contributed by atoms with Crippen molar-refractivity contribution in [2.45, 2.75) is 4.90 Å². The zero-order chi connectivity index (χ0) is 9.19. The molecule has 0 spiro atoms. The van der Waals surface area contributed by atoms with Crippen LogP contribution < -0.4 is 4.74 Å². The zero-order valence-corrected chi connectivity index (χ0v) is 7.36. The van der Waals surface area contributed by atoms with Gasteiger partial charge in [0.2, 0.25) is 0 Å². The summed E-state index contributed by atoms with van der Waals surface area (Å²) in [5.41, 5.74) is 0. The monoisotopic (exact) mass is 214 g/mol. The van der Waals surface area contributed by atoms with Crippen molar-refractivity contribution >= 4 is 40.1 Å². The van der Waals surface area contributed by atoms with E-state index in [1.165, 1.54) is 31.4 Å². The van der Waals surface area contributed by atoms with E-state index in [-0.39, 0.29) is 34.5 Å². The normalized spacial score (nSPS) is 11.6. The molecule has 6 heteroatoms. The number of ether oxygens (including phenoxy) is 1. The Labute approximate surface area is 99.7 Å². The van der Waals surface area contributed by atoms with Crippen molar-refractivity contribution in [3.63, 3.8) is 0 Å². The number of thiol groups is 1. The Morgan fingerprint density at radius 1 is 1.23 bits per heavy atom. The third-order valence-corrected chi connectivity index (χ3v) is 2.38. The van der Waals surface area contributed by atoms with Crippen molar-refractivity contribution in [3.05, 3.63) is 24.3 Å². The molecule has 0 saturated carbocycles.